The Hall–Kier alpha value is -3.08. The lowest BCUT2D eigenvalue weighted by molar-refractivity contribution is 0.0946. The molecular weight excluding hydrogens is 326 g/mol. The topological polar surface area (TPSA) is 56.1 Å². The molecule has 5 heteroatoms. The SMILES string of the molecule is CC1Oc2c(C(=O)NCc3cnn(-c4ccccc4)c3)cccc2C1C. The molecule has 1 aliphatic rings. The minimum absolute atomic E-state index is 0.0862. The van der Waals surface area contributed by atoms with Crippen LogP contribution in [-0.2, 0) is 6.54 Å². The van der Waals surface area contributed by atoms with Crippen molar-refractivity contribution < 1.29 is 9.53 Å². The molecule has 0 radical (unpaired) electrons. The number of carbonyl (C=O) groups is 1. The number of carbonyl (C=O) groups excluding carboxylic acids is 1. The third-order valence-electron chi connectivity index (χ3n) is 4.90. The Bertz CT molecular complexity index is 933. The second kappa shape index (κ2) is 6.67. The molecule has 0 aliphatic carbocycles. The Morgan fingerprint density at radius 3 is 2.77 bits per heavy atom. The lowest BCUT2D eigenvalue weighted by atomic mass is 9.97. The van der Waals surface area contributed by atoms with Crippen molar-refractivity contribution in [3.8, 4) is 11.4 Å². The van der Waals surface area contributed by atoms with Gasteiger partial charge in [-0.15, -0.1) is 0 Å². The van der Waals surface area contributed by atoms with E-state index >= 15 is 0 Å². The van der Waals surface area contributed by atoms with Crippen LogP contribution >= 0.6 is 0 Å². The minimum atomic E-state index is -0.129. The highest BCUT2D eigenvalue weighted by Crippen LogP contribution is 2.40. The molecule has 2 heterocycles. The summed E-state index contributed by atoms with van der Waals surface area (Å²) >= 11 is 0. The Morgan fingerprint density at radius 2 is 1.96 bits per heavy atom. The van der Waals surface area contributed by atoms with E-state index in [-0.39, 0.29) is 12.0 Å². The lowest BCUT2D eigenvalue weighted by Crippen LogP contribution is -2.23. The summed E-state index contributed by atoms with van der Waals surface area (Å²) in [6, 6.07) is 15.6. The van der Waals surface area contributed by atoms with Crippen molar-refractivity contribution in [2.75, 3.05) is 0 Å². The van der Waals surface area contributed by atoms with Gasteiger partial charge in [0, 0.05) is 29.8 Å². The highest BCUT2D eigenvalue weighted by Gasteiger charge is 2.30. The number of amides is 1. The van der Waals surface area contributed by atoms with Crippen LogP contribution in [0.15, 0.2) is 60.9 Å². The second-order valence-electron chi connectivity index (χ2n) is 6.65. The average Bonchev–Trinajstić information content (AvgIpc) is 3.26. The molecular formula is C21H21N3O2. The summed E-state index contributed by atoms with van der Waals surface area (Å²) in [5.74, 6) is 0.877. The highest BCUT2D eigenvalue weighted by molar-refractivity contribution is 5.97. The fraction of sp³-hybridized carbons (Fsp3) is 0.238. The van der Waals surface area contributed by atoms with Gasteiger partial charge in [0.15, 0.2) is 0 Å². The largest absolute Gasteiger partial charge is 0.489 e. The normalized spacial score (nSPS) is 18.2. The zero-order valence-electron chi connectivity index (χ0n) is 14.8. The van der Waals surface area contributed by atoms with E-state index in [1.54, 1.807) is 10.9 Å². The number of hydrogen-bond acceptors (Lipinski definition) is 3. The summed E-state index contributed by atoms with van der Waals surface area (Å²) in [6.45, 7) is 4.57. The molecule has 2 unspecified atom stereocenters. The molecule has 132 valence electrons. The molecule has 1 N–H and O–H groups in total. The van der Waals surface area contributed by atoms with Gasteiger partial charge in [0.25, 0.3) is 5.91 Å². The number of ether oxygens (including phenoxy) is 1. The summed E-state index contributed by atoms with van der Waals surface area (Å²) in [6.07, 6.45) is 3.78. The zero-order valence-corrected chi connectivity index (χ0v) is 14.8. The number of nitrogens with zero attached hydrogens (tertiary/aromatic N) is 2. The predicted octanol–water partition coefficient (Wildman–Crippen LogP) is 3.69. The van der Waals surface area contributed by atoms with Gasteiger partial charge in [-0.3, -0.25) is 4.79 Å². The van der Waals surface area contributed by atoms with Gasteiger partial charge in [0.2, 0.25) is 0 Å². The number of aromatic nitrogens is 2. The van der Waals surface area contributed by atoms with E-state index in [0.717, 1.165) is 16.8 Å². The van der Waals surface area contributed by atoms with Crippen LogP contribution in [0.2, 0.25) is 0 Å². The van der Waals surface area contributed by atoms with Crippen LogP contribution in [0, 0.1) is 0 Å². The van der Waals surface area contributed by atoms with Crippen molar-refractivity contribution >= 4 is 5.91 Å². The summed E-state index contributed by atoms with van der Waals surface area (Å²) in [5, 5.41) is 7.32. The molecule has 0 fully saturated rings. The van der Waals surface area contributed by atoms with Crippen molar-refractivity contribution in [2.24, 2.45) is 0 Å². The first-order valence-corrected chi connectivity index (χ1v) is 8.80. The molecule has 1 aromatic heterocycles. The molecule has 1 amide bonds. The van der Waals surface area contributed by atoms with Crippen LogP contribution in [0.4, 0.5) is 0 Å². The molecule has 5 nitrogen and oxygen atoms in total. The van der Waals surface area contributed by atoms with E-state index in [4.69, 9.17) is 4.74 Å². The molecule has 1 aliphatic heterocycles. The number of fused-ring (bicyclic) bond motifs is 1. The van der Waals surface area contributed by atoms with Crippen molar-refractivity contribution in [1.29, 1.82) is 0 Å². The summed E-state index contributed by atoms with van der Waals surface area (Å²) < 4.78 is 7.71. The molecule has 0 saturated heterocycles. The molecule has 0 spiro atoms. The smallest absolute Gasteiger partial charge is 0.255 e. The van der Waals surface area contributed by atoms with Crippen LogP contribution < -0.4 is 10.1 Å². The average molecular weight is 347 g/mol. The maximum absolute atomic E-state index is 12.6. The Balaban J connectivity index is 1.47. The van der Waals surface area contributed by atoms with Gasteiger partial charge in [-0.2, -0.15) is 5.10 Å². The maximum Gasteiger partial charge on any atom is 0.255 e. The van der Waals surface area contributed by atoms with Crippen molar-refractivity contribution in [3.63, 3.8) is 0 Å². The maximum atomic E-state index is 12.6. The summed E-state index contributed by atoms with van der Waals surface area (Å²) in [5.41, 5.74) is 3.62. The Kier molecular flexibility index (Phi) is 4.21. The standard InChI is InChI=1S/C21H21N3O2/c1-14-15(2)26-20-18(14)9-6-10-19(20)21(25)22-11-16-12-23-24(13-16)17-7-4-3-5-8-17/h3-10,12-15H,11H2,1-2H3,(H,22,25). The molecule has 4 rings (SSSR count). The van der Waals surface area contributed by atoms with E-state index in [0.29, 0.717) is 23.8 Å². The molecule has 2 aromatic carbocycles. The number of benzene rings is 2. The van der Waals surface area contributed by atoms with Crippen LogP contribution in [0.3, 0.4) is 0 Å². The van der Waals surface area contributed by atoms with Gasteiger partial charge >= 0.3 is 0 Å². The molecule has 26 heavy (non-hydrogen) atoms. The third kappa shape index (κ3) is 2.96. The van der Waals surface area contributed by atoms with E-state index in [1.807, 2.05) is 61.7 Å². The van der Waals surface area contributed by atoms with Gasteiger partial charge in [-0.1, -0.05) is 37.3 Å². The van der Waals surface area contributed by atoms with Gasteiger partial charge in [-0.25, -0.2) is 4.68 Å². The van der Waals surface area contributed by atoms with E-state index in [1.165, 1.54) is 0 Å². The third-order valence-corrected chi connectivity index (χ3v) is 4.90. The van der Waals surface area contributed by atoms with Crippen LogP contribution in [0.25, 0.3) is 5.69 Å². The predicted molar refractivity (Wildman–Crippen MR) is 99.7 cm³/mol. The zero-order chi connectivity index (χ0) is 18.1. The summed E-state index contributed by atoms with van der Waals surface area (Å²) in [4.78, 5) is 12.6. The second-order valence-corrected chi connectivity index (χ2v) is 6.65. The Morgan fingerprint density at radius 1 is 1.15 bits per heavy atom. The highest BCUT2D eigenvalue weighted by atomic mass is 16.5. The van der Waals surface area contributed by atoms with E-state index in [2.05, 4.69) is 17.3 Å². The van der Waals surface area contributed by atoms with Crippen LogP contribution in [-0.4, -0.2) is 21.8 Å². The number of rotatable bonds is 4. The fourth-order valence-electron chi connectivity index (χ4n) is 3.22. The first-order valence-electron chi connectivity index (χ1n) is 8.80. The number of nitrogens with one attached hydrogen (secondary N) is 1. The summed E-state index contributed by atoms with van der Waals surface area (Å²) in [7, 11) is 0. The molecule has 0 saturated carbocycles. The lowest BCUT2D eigenvalue weighted by Gasteiger charge is -2.09. The molecule has 2 atom stereocenters. The van der Waals surface area contributed by atoms with Crippen molar-refractivity contribution in [2.45, 2.75) is 32.4 Å². The molecule has 0 bridgehead atoms. The van der Waals surface area contributed by atoms with Gasteiger partial charge in [0.05, 0.1) is 17.4 Å². The molecule has 3 aromatic rings. The van der Waals surface area contributed by atoms with Gasteiger partial charge < -0.3 is 10.1 Å². The Labute approximate surface area is 152 Å². The van der Waals surface area contributed by atoms with Gasteiger partial charge in [0.1, 0.15) is 11.9 Å². The van der Waals surface area contributed by atoms with Crippen LogP contribution in [0.5, 0.6) is 5.75 Å². The van der Waals surface area contributed by atoms with E-state index in [9.17, 15) is 4.79 Å². The van der Waals surface area contributed by atoms with Crippen molar-refractivity contribution in [1.82, 2.24) is 15.1 Å². The van der Waals surface area contributed by atoms with Crippen LogP contribution in [0.1, 0.15) is 41.3 Å². The van der Waals surface area contributed by atoms with Gasteiger partial charge in [-0.05, 0) is 25.1 Å². The van der Waals surface area contributed by atoms with E-state index < -0.39 is 0 Å². The number of hydrogen-bond donors (Lipinski definition) is 1. The number of para-hydroxylation sites is 2. The quantitative estimate of drug-likeness (QED) is 0.783. The first kappa shape index (κ1) is 16.4. The monoisotopic (exact) mass is 347 g/mol. The van der Waals surface area contributed by atoms with Crippen molar-refractivity contribution in [3.05, 3.63) is 77.6 Å². The minimum Gasteiger partial charge on any atom is -0.489 e. The fourth-order valence-corrected chi connectivity index (χ4v) is 3.22. The first-order chi connectivity index (χ1) is 12.6.